The molecule has 13 heteroatoms. The zero-order chi connectivity index (χ0) is 31.8. The van der Waals surface area contributed by atoms with E-state index in [0.717, 1.165) is 16.4 Å². The molecule has 1 aliphatic carbocycles. The Kier molecular flexibility index (Phi) is 9.50. The molecule has 234 valence electrons. The molecular formula is C31H30Cl2F2N2O6S. The number of anilines is 1. The van der Waals surface area contributed by atoms with E-state index in [0.29, 0.717) is 40.1 Å². The number of halogens is 4. The highest BCUT2D eigenvalue weighted by Crippen LogP contribution is 2.45. The fraction of sp³-hybridized carbons (Fsp3) is 0.355. The van der Waals surface area contributed by atoms with Crippen LogP contribution in [-0.2, 0) is 24.3 Å². The molecule has 1 heterocycles. The number of ether oxygens (including phenoxy) is 1. The van der Waals surface area contributed by atoms with E-state index in [1.807, 2.05) is 0 Å². The molecule has 3 aromatic carbocycles. The van der Waals surface area contributed by atoms with Gasteiger partial charge in [0.1, 0.15) is 23.8 Å². The second-order valence-corrected chi connectivity index (χ2v) is 13.9. The topological polar surface area (TPSA) is 104 Å². The van der Waals surface area contributed by atoms with Crippen LogP contribution in [-0.4, -0.2) is 54.2 Å². The first kappa shape index (κ1) is 32.2. The van der Waals surface area contributed by atoms with Crippen LogP contribution in [0, 0.1) is 11.6 Å². The van der Waals surface area contributed by atoms with Gasteiger partial charge in [0.25, 0.3) is 5.91 Å². The number of hydrogen-bond acceptors (Lipinski definition) is 5. The largest absolute Gasteiger partial charge is 0.481 e. The summed E-state index contributed by atoms with van der Waals surface area (Å²) >= 11 is 12.5. The number of morpholine rings is 1. The summed E-state index contributed by atoms with van der Waals surface area (Å²) < 4.78 is 63.5. The Balaban J connectivity index is 1.66. The minimum Gasteiger partial charge on any atom is -0.481 e. The second-order valence-electron chi connectivity index (χ2n) is 10.9. The van der Waals surface area contributed by atoms with E-state index in [1.54, 1.807) is 55.5 Å². The van der Waals surface area contributed by atoms with Crippen molar-refractivity contribution in [1.82, 2.24) is 4.90 Å². The molecule has 1 saturated heterocycles. The summed E-state index contributed by atoms with van der Waals surface area (Å²) in [5.41, 5.74) is 0.811. The molecule has 3 aromatic rings. The van der Waals surface area contributed by atoms with Crippen LogP contribution >= 0.6 is 23.2 Å². The molecule has 4 atom stereocenters. The maximum Gasteiger partial charge on any atom is 0.306 e. The molecule has 0 spiro atoms. The Hall–Kier alpha value is -3.25. The fourth-order valence-corrected chi connectivity index (χ4v) is 7.79. The fourth-order valence-electron chi connectivity index (χ4n) is 5.57. The molecule has 2 fully saturated rings. The predicted octanol–water partition coefficient (Wildman–Crippen LogP) is 6.53. The van der Waals surface area contributed by atoms with E-state index in [1.165, 1.54) is 4.90 Å². The molecular weight excluding hydrogens is 637 g/mol. The van der Waals surface area contributed by atoms with Crippen molar-refractivity contribution in [2.75, 3.05) is 10.8 Å². The van der Waals surface area contributed by atoms with Crippen molar-refractivity contribution in [3.05, 3.63) is 99.5 Å². The standard InChI is InChI=1S/C31H30Cl2F2N2O6S/c1-2-23(17-36(44(41,42)24-11-12-24)26-13-10-22(34)15-25(26)35)37-29(18-6-8-20(32)9-7-18)30(19-4-3-5-21(33)14-19)43-27(31(37)40)16-28(38)39/h3-10,13-15,23-24,27,29-30H,2,11-12,16-17H2,1H3,(H,38,39)/t23-,27+,29?,30+/m0/s1. The van der Waals surface area contributed by atoms with Gasteiger partial charge in [0.05, 0.1) is 36.0 Å². The lowest BCUT2D eigenvalue weighted by molar-refractivity contribution is -0.183. The zero-order valence-electron chi connectivity index (χ0n) is 23.6. The molecule has 1 amide bonds. The predicted molar refractivity (Wildman–Crippen MR) is 162 cm³/mol. The maximum absolute atomic E-state index is 15.2. The molecule has 1 saturated carbocycles. The number of carboxylic acids is 1. The first-order valence-electron chi connectivity index (χ1n) is 14.1. The number of nitrogens with zero attached hydrogens (tertiary/aromatic N) is 2. The Morgan fingerprint density at radius 3 is 2.34 bits per heavy atom. The van der Waals surface area contributed by atoms with Crippen molar-refractivity contribution in [3.63, 3.8) is 0 Å². The molecule has 5 rings (SSSR count). The van der Waals surface area contributed by atoms with Crippen LogP contribution < -0.4 is 4.31 Å². The van der Waals surface area contributed by atoms with Gasteiger partial charge in [-0.15, -0.1) is 0 Å². The van der Waals surface area contributed by atoms with Gasteiger partial charge in [-0.3, -0.25) is 13.9 Å². The van der Waals surface area contributed by atoms with Crippen LogP contribution in [0.25, 0.3) is 0 Å². The van der Waals surface area contributed by atoms with Gasteiger partial charge in [0, 0.05) is 16.1 Å². The number of sulfonamides is 1. The van der Waals surface area contributed by atoms with Gasteiger partial charge in [-0.1, -0.05) is 54.4 Å². The Morgan fingerprint density at radius 1 is 1.05 bits per heavy atom. The average Bonchev–Trinajstić information content (AvgIpc) is 3.82. The van der Waals surface area contributed by atoms with Gasteiger partial charge in [-0.25, -0.2) is 17.2 Å². The van der Waals surface area contributed by atoms with Crippen molar-refractivity contribution < 1.29 is 36.6 Å². The van der Waals surface area contributed by atoms with E-state index in [4.69, 9.17) is 27.9 Å². The number of aliphatic carboxylic acids is 1. The van der Waals surface area contributed by atoms with Gasteiger partial charge in [0.15, 0.2) is 0 Å². The highest BCUT2D eigenvalue weighted by Gasteiger charge is 2.49. The molecule has 8 nitrogen and oxygen atoms in total. The number of amides is 1. The van der Waals surface area contributed by atoms with Crippen molar-refractivity contribution in [1.29, 1.82) is 0 Å². The number of carbonyl (C=O) groups is 2. The van der Waals surface area contributed by atoms with Crippen LogP contribution in [0.3, 0.4) is 0 Å². The lowest BCUT2D eigenvalue weighted by Gasteiger charge is -2.48. The molecule has 2 aliphatic rings. The quantitative estimate of drug-likeness (QED) is 0.249. The van der Waals surface area contributed by atoms with Crippen molar-refractivity contribution in [2.24, 2.45) is 0 Å². The molecule has 1 N–H and O–H groups in total. The summed E-state index contributed by atoms with van der Waals surface area (Å²) in [4.78, 5) is 27.5. The second kappa shape index (κ2) is 13.0. The minimum absolute atomic E-state index is 0.206. The summed E-state index contributed by atoms with van der Waals surface area (Å²) in [6, 6.07) is 14.3. The maximum atomic E-state index is 15.2. The Bertz CT molecular complexity index is 1660. The SMILES string of the molecule is CC[C@@H](CN(c1ccc(F)cc1F)S(=O)(=O)C1CC1)N1C(=O)[C@@H](CC(=O)O)O[C@H](c2cccc(Cl)c2)C1c1ccc(Cl)cc1. The Morgan fingerprint density at radius 2 is 1.75 bits per heavy atom. The van der Waals surface area contributed by atoms with Crippen LogP contribution in [0.2, 0.25) is 10.0 Å². The van der Waals surface area contributed by atoms with E-state index >= 15 is 4.39 Å². The smallest absolute Gasteiger partial charge is 0.306 e. The van der Waals surface area contributed by atoms with Crippen molar-refractivity contribution >= 4 is 50.8 Å². The van der Waals surface area contributed by atoms with Crippen LogP contribution in [0.1, 0.15) is 55.9 Å². The number of hydrogen-bond donors (Lipinski definition) is 1. The van der Waals surface area contributed by atoms with Crippen LogP contribution in [0.4, 0.5) is 14.5 Å². The first-order valence-corrected chi connectivity index (χ1v) is 16.3. The van der Waals surface area contributed by atoms with E-state index in [9.17, 15) is 27.5 Å². The third kappa shape index (κ3) is 6.71. The van der Waals surface area contributed by atoms with Gasteiger partial charge >= 0.3 is 5.97 Å². The normalized spacial score (nSPS) is 21.2. The van der Waals surface area contributed by atoms with E-state index in [-0.39, 0.29) is 18.7 Å². The third-order valence-corrected chi connectivity index (χ3v) is 10.6. The molecule has 1 unspecified atom stereocenters. The summed E-state index contributed by atoms with van der Waals surface area (Å²) in [5, 5.41) is 9.74. The van der Waals surface area contributed by atoms with E-state index in [2.05, 4.69) is 0 Å². The Labute approximate surface area is 264 Å². The van der Waals surface area contributed by atoms with Gasteiger partial charge < -0.3 is 14.7 Å². The highest BCUT2D eigenvalue weighted by molar-refractivity contribution is 7.93. The number of rotatable bonds is 11. The lowest BCUT2D eigenvalue weighted by Crippen LogP contribution is -2.58. The summed E-state index contributed by atoms with van der Waals surface area (Å²) in [7, 11) is -4.10. The van der Waals surface area contributed by atoms with Crippen LogP contribution in [0.15, 0.2) is 66.7 Å². The average molecular weight is 668 g/mol. The third-order valence-electron chi connectivity index (χ3n) is 7.85. The molecule has 1 aliphatic heterocycles. The summed E-state index contributed by atoms with van der Waals surface area (Å²) in [5.74, 6) is -3.86. The monoisotopic (exact) mass is 666 g/mol. The van der Waals surface area contributed by atoms with Crippen molar-refractivity contribution in [3.8, 4) is 0 Å². The number of carbonyl (C=O) groups excluding carboxylic acids is 1. The molecule has 44 heavy (non-hydrogen) atoms. The summed E-state index contributed by atoms with van der Waals surface area (Å²) in [6.45, 7) is 1.38. The highest BCUT2D eigenvalue weighted by atomic mass is 35.5. The van der Waals surface area contributed by atoms with Gasteiger partial charge in [0.2, 0.25) is 10.0 Å². The summed E-state index contributed by atoms with van der Waals surface area (Å²) in [6.07, 6.45) is -1.99. The number of benzene rings is 3. The minimum atomic E-state index is -4.10. The molecule has 0 radical (unpaired) electrons. The van der Waals surface area contributed by atoms with Crippen molar-refractivity contribution in [2.45, 2.75) is 62.1 Å². The van der Waals surface area contributed by atoms with E-state index < -0.39 is 69.5 Å². The van der Waals surface area contributed by atoms with Gasteiger partial charge in [-0.2, -0.15) is 0 Å². The lowest BCUT2D eigenvalue weighted by atomic mass is 9.89. The molecule has 0 aromatic heterocycles. The first-order chi connectivity index (χ1) is 20.9. The van der Waals surface area contributed by atoms with Gasteiger partial charge in [-0.05, 0) is 66.8 Å². The molecule has 0 bridgehead atoms. The zero-order valence-corrected chi connectivity index (χ0v) is 25.9. The van der Waals surface area contributed by atoms with Crippen LogP contribution in [0.5, 0.6) is 0 Å². The number of carboxylic acid groups (broad SMARTS) is 1.